The van der Waals surface area contributed by atoms with Crippen LogP contribution in [-0.4, -0.2) is 22.9 Å². The molecule has 0 saturated carbocycles. The van der Waals surface area contributed by atoms with Gasteiger partial charge < -0.3 is 10.3 Å². The number of hydrogen-bond donors (Lipinski definition) is 2. The molecule has 1 aromatic carbocycles. The molecule has 0 aliphatic carbocycles. The van der Waals surface area contributed by atoms with Crippen molar-refractivity contribution in [3.05, 3.63) is 53.9 Å². The third-order valence-corrected chi connectivity index (χ3v) is 3.88. The van der Waals surface area contributed by atoms with Gasteiger partial charge in [0.25, 0.3) is 5.91 Å². The van der Waals surface area contributed by atoms with Gasteiger partial charge >= 0.3 is 0 Å². The minimum Gasteiger partial charge on any atom is -0.355 e. The summed E-state index contributed by atoms with van der Waals surface area (Å²) < 4.78 is 0. The lowest BCUT2D eigenvalue weighted by Gasteiger charge is -2.14. The molecule has 4 heteroatoms. The number of amides is 1. The Morgan fingerprint density at radius 2 is 1.95 bits per heavy atom. The molecule has 1 amide bonds. The van der Waals surface area contributed by atoms with Crippen LogP contribution in [0.3, 0.4) is 0 Å². The quantitative estimate of drug-likeness (QED) is 0.773. The molecule has 0 atom stereocenters. The van der Waals surface area contributed by atoms with Gasteiger partial charge in [-0.2, -0.15) is 0 Å². The van der Waals surface area contributed by atoms with Crippen LogP contribution in [0.15, 0.2) is 42.7 Å². The summed E-state index contributed by atoms with van der Waals surface area (Å²) in [6.07, 6.45) is 3.62. The van der Waals surface area contributed by atoms with E-state index in [0.717, 1.165) is 27.7 Å². The molecule has 2 N–H and O–H groups in total. The molecule has 0 radical (unpaired) electrons. The highest BCUT2D eigenvalue weighted by Gasteiger charge is 2.20. The van der Waals surface area contributed by atoms with Gasteiger partial charge in [-0.25, -0.2) is 4.98 Å². The zero-order chi connectivity index (χ0) is 15.7. The summed E-state index contributed by atoms with van der Waals surface area (Å²) in [6.45, 7) is 4.20. The van der Waals surface area contributed by atoms with Crippen LogP contribution >= 0.6 is 0 Å². The van der Waals surface area contributed by atoms with Crippen molar-refractivity contribution in [2.45, 2.75) is 19.8 Å². The van der Waals surface area contributed by atoms with Gasteiger partial charge in [0.1, 0.15) is 5.65 Å². The summed E-state index contributed by atoms with van der Waals surface area (Å²) >= 11 is 0. The Morgan fingerprint density at radius 1 is 1.23 bits per heavy atom. The Morgan fingerprint density at radius 3 is 2.59 bits per heavy atom. The maximum atomic E-state index is 12.2. The maximum absolute atomic E-state index is 12.2. The highest BCUT2D eigenvalue weighted by atomic mass is 16.1. The number of hydrogen-bond acceptors (Lipinski definition) is 2. The van der Waals surface area contributed by atoms with E-state index in [1.807, 2.05) is 24.4 Å². The maximum Gasteiger partial charge on any atom is 0.252 e. The van der Waals surface area contributed by atoms with Gasteiger partial charge in [-0.05, 0) is 17.0 Å². The number of benzene rings is 1. The van der Waals surface area contributed by atoms with Crippen LogP contribution in [0.5, 0.6) is 0 Å². The zero-order valence-corrected chi connectivity index (χ0v) is 13.0. The highest BCUT2D eigenvalue weighted by Crippen LogP contribution is 2.35. The predicted molar refractivity (Wildman–Crippen MR) is 89.0 cm³/mol. The summed E-state index contributed by atoms with van der Waals surface area (Å²) in [7, 11) is 1.64. The standard InChI is InChI=1S/C18H19N3O/c1-11(2)15-14(18(22)19-3)10-21-17-16(15)13(9-20-17)12-7-5-4-6-8-12/h4-11H,1-3H3,(H,19,22)(H,20,21). The molecule has 0 aliphatic rings. The fraction of sp³-hybridized carbons (Fsp3) is 0.222. The number of nitrogens with one attached hydrogen (secondary N) is 2. The van der Waals surface area contributed by atoms with Crippen LogP contribution in [-0.2, 0) is 0 Å². The Balaban J connectivity index is 2.35. The fourth-order valence-corrected chi connectivity index (χ4v) is 2.88. The van der Waals surface area contributed by atoms with Gasteiger partial charge in [0.15, 0.2) is 0 Å². The average molecular weight is 293 g/mol. The number of rotatable bonds is 3. The third kappa shape index (κ3) is 2.26. The van der Waals surface area contributed by atoms with Crippen molar-refractivity contribution in [3.8, 4) is 11.1 Å². The monoisotopic (exact) mass is 293 g/mol. The first kappa shape index (κ1) is 14.3. The molecule has 3 aromatic rings. The minimum atomic E-state index is -0.0988. The topological polar surface area (TPSA) is 57.8 Å². The molecule has 0 aliphatic heterocycles. The van der Waals surface area contributed by atoms with E-state index in [2.05, 4.69) is 41.3 Å². The number of nitrogens with zero attached hydrogens (tertiary/aromatic N) is 1. The number of aromatic amines is 1. The third-order valence-electron chi connectivity index (χ3n) is 3.88. The largest absolute Gasteiger partial charge is 0.355 e. The molecule has 4 nitrogen and oxygen atoms in total. The van der Waals surface area contributed by atoms with Crippen molar-refractivity contribution in [2.24, 2.45) is 0 Å². The molecule has 112 valence electrons. The normalized spacial score (nSPS) is 11.1. The van der Waals surface area contributed by atoms with Crippen molar-refractivity contribution in [1.82, 2.24) is 15.3 Å². The van der Waals surface area contributed by atoms with E-state index in [-0.39, 0.29) is 11.8 Å². The second-order valence-electron chi connectivity index (χ2n) is 5.61. The lowest BCUT2D eigenvalue weighted by molar-refractivity contribution is 0.0961. The fourth-order valence-electron chi connectivity index (χ4n) is 2.88. The van der Waals surface area contributed by atoms with E-state index in [1.165, 1.54) is 0 Å². The van der Waals surface area contributed by atoms with Gasteiger partial charge in [-0.1, -0.05) is 44.2 Å². The van der Waals surface area contributed by atoms with Gasteiger partial charge in [0, 0.05) is 30.4 Å². The minimum absolute atomic E-state index is 0.0988. The Bertz CT molecular complexity index is 819. The van der Waals surface area contributed by atoms with Gasteiger partial charge in [-0.15, -0.1) is 0 Å². The summed E-state index contributed by atoms with van der Waals surface area (Å²) in [4.78, 5) is 19.8. The van der Waals surface area contributed by atoms with Crippen LogP contribution in [0.25, 0.3) is 22.2 Å². The molecule has 2 aromatic heterocycles. The van der Waals surface area contributed by atoms with Crippen molar-refractivity contribution >= 4 is 16.9 Å². The second-order valence-corrected chi connectivity index (χ2v) is 5.61. The Hall–Kier alpha value is -2.62. The van der Waals surface area contributed by atoms with Crippen LogP contribution in [0, 0.1) is 0 Å². The van der Waals surface area contributed by atoms with Crippen molar-refractivity contribution in [3.63, 3.8) is 0 Å². The molecule has 3 rings (SSSR count). The van der Waals surface area contributed by atoms with E-state index in [1.54, 1.807) is 13.2 Å². The lowest BCUT2D eigenvalue weighted by Crippen LogP contribution is -2.20. The van der Waals surface area contributed by atoms with E-state index in [9.17, 15) is 4.79 Å². The number of H-pyrrole nitrogens is 1. The average Bonchev–Trinajstić information content (AvgIpc) is 2.97. The number of pyridine rings is 1. The van der Waals surface area contributed by atoms with Gasteiger partial charge in [-0.3, -0.25) is 4.79 Å². The Labute approximate surface area is 129 Å². The predicted octanol–water partition coefficient (Wildman–Crippen LogP) is 3.71. The van der Waals surface area contributed by atoms with Crippen LogP contribution in [0.2, 0.25) is 0 Å². The lowest BCUT2D eigenvalue weighted by atomic mass is 9.92. The first-order valence-electron chi connectivity index (χ1n) is 7.41. The summed E-state index contributed by atoms with van der Waals surface area (Å²) in [5.74, 6) is 0.120. The molecule has 0 saturated heterocycles. The molecular weight excluding hydrogens is 274 g/mol. The first-order valence-corrected chi connectivity index (χ1v) is 7.41. The van der Waals surface area contributed by atoms with Gasteiger partial charge in [0.2, 0.25) is 0 Å². The molecule has 2 heterocycles. The smallest absolute Gasteiger partial charge is 0.252 e. The number of fused-ring (bicyclic) bond motifs is 1. The molecule has 0 spiro atoms. The van der Waals surface area contributed by atoms with E-state index in [0.29, 0.717) is 5.56 Å². The number of aromatic nitrogens is 2. The molecule has 0 bridgehead atoms. The number of carbonyl (C=O) groups is 1. The highest BCUT2D eigenvalue weighted by molar-refractivity contribution is 6.04. The zero-order valence-electron chi connectivity index (χ0n) is 13.0. The van der Waals surface area contributed by atoms with Crippen molar-refractivity contribution in [1.29, 1.82) is 0 Å². The molecule has 0 unspecified atom stereocenters. The van der Waals surface area contributed by atoms with Gasteiger partial charge in [0.05, 0.1) is 5.56 Å². The van der Waals surface area contributed by atoms with Crippen molar-refractivity contribution < 1.29 is 4.79 Å². The van der Waals surface area contributed by atoms with Crippen LogP contribution < -0.4 is 5.32 Å². The first-order chi connectivity index (χ1) is 10.6. The van der Waals surface area contributed by atoms with Crippen molar-refractivity contribution in [2.75, 3.05) is 7.05 Å². The second kappa shape index (κ2) is 5.64. The number of carbonyl (C=O) groups excluding carboxylic acids is 1. The van der Waals surface area contributed by atoms with Crippen LogP contribution in [0.4, 0.5) is 0 Å². The molecule has 0 fully saturated rings. The summed E-state index contributed by atoms with van der Waals surface area (Å²) in [6, 6.07) is 10.2. The Kier molecular flexibility index (Phi) is 3.67. The summed E-state index contributed by atoms with van der Waals surface area (Å²) in [5, 5.41) is 3.73. The summed E-state index contributed by atoms with van der Waals surface area (Å²) in [5.41, 5.74) is 4.69. The molecular formula is C18H19N3O. The van der Waals surface area contributed by atoms with E-state index in [4.69, 9.17) is 0 Å². The SMILES string of the molecule is CNC(=O)c1cnc2[nH]cc(-c3ccccc3)c2c1C(C)C. The van der Waals surface area contributed by atoms with E-state index >= 15 is 0 Å². The van der Waals surface area contributed by atoms with Crippen LogP contribution in [0.1, 0.15) is 35.7 Å². The molecule has 22 heavy (non-hydrogen) atoms. The van der Waals surface area contributed by atoms with E-state index < -0.39 is 0 Å².